The van der Waals surface area contributed by atoms with Crippen molar-refractivity contribution in [2.45, 2.75) is 19.4 Å². The van der Waals surface area contributed by atoms with E-state index in [9.17, 15) is 9.59 Å². The molecule has 1 N–H and O–H groups in total. The largest absolute Gasteiger partial charge is 0.356 e. The average molecular weight is 369 g/mol. The van der Waals surface area contributed by atoms with Gasteiger partial charge in [0.25, 0.3) is 0 Å². The Labute approximate surface area is 154 Å². The fourth-order valence-corrected chi connectivity index (χ4v) is 4.07. The molecule has 7 nitrogen and oxygen atoms in total. The minimum Gasteiger partial charge on any atom is -0.356 e. The van der Waals surface area contributed by atoms with Crippen molar-refractivity contribution in [1.29, 1.82) is 0 Å². The molecule has 3 heterocycles. The highest BCUT2D eigenvalue weighted by Crippen LogP contribution is 2.32. The Morgan fingerprint density at radius 1 is 1.31 bits per heavy atom. The van der Waals surface area contributed by atoms with E-state index in [1.54, 1.807) is 11.1 Å². The van der Waals surface area contributed by atoms with Gasteiger partial charge in [-0.15, -0.1) is 0 Å². The minimum atomic E-state index is -0.320. The van der Waals surface area contributed by atoms with Gasteiger partial charge >= 0.3 is 0 Å². The number of hydrogen-bond donors (Lipinski definition) is 1. The van der Waals surface area contributed by atoms with Gasteiger partial charge in [-0.1, -0.05) is 23.5 Å². The van der Waals surface area contributed by atoms with E-state index in [1.165, 1.54) is 11.3 Å². The predicted octanol–water partition coefficient (Wildman–Crippen LogP) is 2.05. The Morgan fingerprint density at radius 3 is 3.00 bits per heavy atom. The Morgan fingerprint density at radius 2 is 2.19 bits per heavy atom. The molecule has 1 aliphatic heterocycles. The number of hydrogen-bond acceptors (Lipinski definition) is 5. The third kappa shape index (κ3) is 3.45. The van der Waals surface area contributed by atoms with Gasteiger partial charge in [0, 0.05) is 38.4 Å². The van der Waals surface area contributed by atoms with Crippen LogP contribution in [0.4, 0.5) is 5.13 Å². The molecule has 1 aliphatic rings. The number of carbonyl (C=O) groups is 2. The molecule has 1 aromatic carbocycles. The maximum atomic E-state index is 12.4. The van der Waals surface area contributed by atoms with E-state index in [0.717, 1.165) is 23.2 Å². The highest BCUT2D eigenvalue weighted by Gasteiger charge is 2.36. The molecule has 1 unspecified atom stereocenters. The molecule has 0 spiro atoms. The van der Waals surface area contributed by atoms with E-state index in [1.807, 2.05) is 41.2 Å². The molecular formula is C18H19N5O2S. The second-order valence-corrected chi connectivity index (χ2v) is 7.29. The molecule has 0 aliphatic carbocycles. The molecule has 0 radical (unpaired) electrons. The normalized spacial score (nSPS) is 17.2. The van der Waals surface area contributed by atoms with E-state index in [0.29, 0.717) is 18.2 Å². The monoisotopic (exact) mass is 369 g/mol. The van der Waals surface area contributed by atoms with Crippen LogP contribution in [0.3, 0.4) is 0 Å². The van der Waals surface area contributed by atoms with Gasteiger partial charge < -0.3 is 5.32 Å². The second-order valence-electron chi connectivity index (χ2n) is 6.28. The first-order valence-electron chi connectivity index (χ1n) is 8.62. The van der Waals surface area contributed by atoms with Crippen LogP contribution in [0.25, 0.3) is 10.2 Å². The molecule has 1 saturated heterocycles. The van der Waals surface area contributed by atoms with Crippen LogP contribution in [0.1, 0.15) is 12.8 Å². The number of aryl methyl sites for hydroxylation is 1. The number of fused-ring (bicyclic) bond motifs is 1. The van der Waals surface area contributed by atoms with Gasteiger partial charge in [0.2, 0.25) is 11.8 Å². The van der Waals surface area contributed by atoms with Crippen LogP contribution in [0, 0.1) is 5.92 Å². The Bertz CT molecular complexity index is 888. The number of thiazole rings is 1. The summed E-state index contributed by atoms with van der Waals surface area (Å²) >= 11 is 1.48. The number of amides is 2. The fourth-order valence-electron chi connectivity index (χ4n) is 3.07. The van der Waals surface area contributed by atoms with Crippen molar-refractivity contribution in [2.24, 2.45) is 5.92 Å². The van der Waals surface area contributed by atoms with Crippen LogP contribution in [-0.2, 0) is 16.1 Å². The molecule has 0 saturated carbocycles. The molecule has 1 atom stereocenters. The number of para-hydroxylation sites is 1. The summed E-state index contributed by atoms with van der Waals surface area (Å²) in [5, 5.41) is 7.73. The molecule has 0 bridgehead atoms. The van der Waals surface area contributed by atoms with Gasteiger partial charge in [-0.3, -0.25) is 19.2 Å². The number of aromatic nitrogens is 3. The first kappa shape index (κ1) is 16.7. The lowest BCUT2D eigenvalue weighted by molar-refractivity contribution is -0.126. The summed E-state index contributed by atoms with van der Waals surface area (Å²) in [5.74, 6) is -0.428. The summed E-state index contributed by atoms with van der Waals surface area (Å²) in [6, 6.07) is 9.67. The number of rotatable bonds is 6. The lowest BCUT2D eigenvalue weighted by Crippen LogP contribution is -2.33. The predicted molar refractivity (Wildman–Crippen MR) is 99.9 cm³/mol. The van der Waals surface area contributed by atoms with Crippen LogP contribution in [-0.4, -0.2) is 39.7 Å². The van der Waals surface area contributed by atoms with Crippen molar-refractivity contribution >= 4 is 38.5 Å². The third-order valence-electron chi connectivity index (χ3n) is 4.43. The maximum Gasteiger partial charge on any atom is 0.229 e. The highest BCUT2D eigenvalue weighted by atomic mass is 32.1. The van der Waals surface area contributed by atoms with Crippen LogP contribution < -0.4 is 10.2 Å². The zero-order chi connectivity index (χ0) is 17.9. The zero-order valence-electron chi connectivity index (χ0n) is 14.2. The molecule has 134 valence electrons. The van der Waals surface area contributed by atoms with Gasteiger partial charge in [-0.25, -0.2) is 4.98 Å². The van der Waals surface area contributed by atoms with E-state index in [4.69, 9.17) is 0 Å². The van der Waals surface area contributed by atoms with E-state index < -0.39 is 0 Å². The van der Waals surface area contributed by atoms with Gasteiger partial charge in [-0.2, -0.15) is 5.10 Å². The van der Waals surface area contributed by atoms with Gasteiger partial charge in [0.1, 0.15) is 0 Å². The lowest BCUT2D eigenvalue weighted by atomic mass is 10.1. The maximum absolute atomic E-state index is 12.4. The molecule has 8 heteroatoms. The standard InChI is InChI=1S/C18H19N5O2S/c24-16-11-13(17(25)19-7-3-9-22-10-4-8-20-22)12-23(16)18-21-14-5-1-2-6-15(14)26-18/h1-2,4-6,8,10,13H,3,7,9,11-12H2,(H,19,25). The van der Waals surface area contributed by atoms with Gasteiger partial charge in [0.05, 0.1) is 16.1 Å². The first-order valence-corrected chi connectivity index (χ1v) is 9.43. The van der Waals surface area contributed by atoms with Crippen molar-refractivity contribution in [3.05, 3.63) is 42.7 Å². The Kier molecular flexibility index (Phi) is 4.66. The van der Waals surface area contributed by atoms with Crippen LogP contribution in [0.15, 0.2) is 42.7 Å². The SMILES string of the molecule is O=C(NCCCn1cccn1)C1CC(=O)N(c2nc3ccccc3s2)C1. The minimum absolute atomic E-state index is 0.0410. The number of anilines is 1. The van der Waals surface area contributed by atoms with Crippen LogP contribution in [0.2, 0.25) is 0 Å². The van der Waals surface area contributed by atoms with Crippen LogP contribution in [0.5, 0.6) is 0 Å². The number of carbonyl (C=O) groups excluding carboxylic acids is 2. The Hall–Kier alpha value is -2.74. The number of benzene rings is 1. The lowest BCUT2D eigenvalue weighted by Gasteiger charge is -2.13. The first-order chi connectivity index (χ1) is 12.7. The van der Waals surface area contributed by atoms with Crippen molar-refractivity contribution in [3.63, 3.8) is 0 Å². The smallest absolute Gasteiger partial charge is 0.229 e. The summed E-state index contributed by atoms with van der Waals surface area (Å²) in [4.78, 5) is 30.9. The van der Waals surface area contributed by atoms with E-state index >= 15 is 0 Å². The average Bonchev–Trinajstić information content (AvgIpc) is 3.37. The summed E-state index contributed by atoms with van der Waals surface area (Å²) in [7, 11) is 0. The van der Waals surface area contributed by atoms with E-state index in [2.05, 4.69) is 15.4 Å². The quantitative estimate of drug-likeness (QED) is 0.675. The molecule has 1 fully saturated rings. The summed E-state index contributed by atoms with van der Waals surface area (Å²) in [6.45, 7) is 1.73. The number of nitrogens with zero attached hydrogens (tertiary/aromatic N) is 4. The molecule has 2 amide bonds. The van der Waals surface area contributed by atoms with Crippen molar-refractivity contribution < 1.29 is 9.59 Å². The second kappa shape index (κ2) is 7.25. The molecule has 26 heavy (non-hydrogen) atoms. The Balaban J connectivity index is 1.32. The molecule has 2 aromatic heterocycles. The number of nitrogens with one attached hydrogen (secondary N) is 1. The summed E-state index contributed by atoms with van der Waals surface area (Å²) in [6.07, 6.45) is 4.67. The van der Waals surface area contributed by atoms with Crippen molar-refractivity contribution in [1.82, 2.24) is 20.1 Å². The third-order valence-corrected chi connectivity index (χ3v) is 5.49. The topological polar surface area (TPSA) is 80.1 Å². The summed E-state index contributed by atoms with van der Waals surface area (Å²) in [5.41, 5.74) is 0.881. The summed E-state index contributed by atoms with van der Waals surface area (Å²) < 4.78 is 2.88. The molecular weight excluding hydrogens is 350 g/mol. The highest BCUT2D eigenvalue weighted by molar-refractivity contribution is 7.22. The van der Waals surface area contributed by atoms with Crippen molar-refractivity contribution in [3.8, 4) is 0 Å². The molecule has 3 aromatic rings. The van der Waals surface area contributed by atoms with Gasteiger partial charge in [0.15, 0.2) is 5.13 Å². The zero-order valence-corrected chi connectivity index (χ0v) is 15.0. The van der Waals surface area contributed by atoms with Crippen LogP contribution >= 0.6 is 11.3 Å². The fraction of sp³-hybridized carbons (Fsp3) is 0.333. The van der Waals surface area contributed by atoms with Crippen molar-refractivity contribution in [2.75, 3.05) is 18.0 Å². The van der Waals surface area contributed by atoms with E-state index in [-0.39, 0.29) is 24.2 Å². The van der Waals surface area contributed by atoms with Gasteiger partial charge in [-0.05, 0) is 24.6 Å². The molecule has 4 rings (SSSR count).